The number of benzene rings is 2. The molecule has 1 aromatic heterocycles. The summed E-state index contributed by atoms with van der Waals surface area (Å²) >= 11 is 0. The van der Waals surface area contributed by atoms with Crippen LogP contribution in [0.15, 0.2) is 54.7 Å². The van der Waals surface area contributed by atoms with Gasteiger partial charge in [-0.2, -0.15) is 0 Å². The molecule has 0 fully saturated rings. The van der Waals surface area contributed by atoms with E-state index in [1.54, 1.807) is 0 Å². The number of aryl methyl sites for hydroxylation is 2. The van der Waals surface area contributed by atoms with Gasteiger partial charge < -0.3 is 10.4 Å². The van der Waals surface area contributed by atoms with E-state index in [2.05, 4.69) is 36.3 Å². The quantitative estimate of drug-likeness (QED) is 0.752. The Hall–Kier alpha value is -2.39. The number of hydrogen-bond donors (Lipinski definition) is 2. The second-order valence-corrected chi connectivity index (χ2v) is 5.99. The van der Waals surface area contributed by atoms with Gasteiger partial charge in [-0.3, -0.25) is 4.98 Å². The van der Waals surface area contributed by atoms with E-state index in [4.69, 9.17) is 0 Å². The summed E-state index contributed by atoms with van der Waals surface area (Å²) in [6.45, 7) is 4.71. The molecule has 3 rings (SSSR count). The van der Waals surface area contributed by atoms with Crippen molar-refractivity contribution in [2.45, 2.75) is 26.4 Å². The average Bonchev–Trinajstić information content (AvgIpc) is 2.57. The summed E-state index contributed by atoms with van der Waals surface area (Å²) in [5, 5.41) is 14.7. The lowest BCUT2D eigenvalue weighted by Crippen LogP contribution is -2.22. The summed E-state index contributed by atoms with van der Waals surface area (Å²) in [7, 11) is 0. The van der Waals surface area contributed by atoms with Gasteiger partial charge in [0, 0.05) is 30.2 Å². The van der Waals surface area contributed by atoms with Crippen LogP contribution in [0.5, 0.6) is 0 Å². The van der Waals surface area contributed by atoms with Gasteiger partial charge in [0.25, 0.3) is 0 Å². The summed E-state index contributed by atoms with van der Waals surface area (Å²) in [5.74, 6) is 0. The van der Waals surface area contributed by atoms with Crippen molar-refractivity contribution in [3.05, 3.63) is 71.4 Å². The molecule has 0 radical (unpaired) electrons. The minimum Gasteiger partial charge on any atom is -0.391 e. The Morgan fingerprint density at radius 1 is 1.04 bits per heavy atom. The number of hydrogen-bond acceptors (Lipinski definition) is 3. The van der Waals surface area contributed by atoms with E-state index in [-0.39, 0.29) is 0 Å². The third-order valence-electron chi connectivity index (χ3n) is 4.28. The molecule has 2 aromatic carbocycles. The van der Waals surface area contributed by atoms with Crippen LogP contribution in [-0.2, 0) is 6.42 Å². The number of aromatic nitrogens is 1. The molecule has 0 amide bonds. The standard InChI is InChI=1S/C20H22N2O/c1-14-8-9-18-19(10-11-21-20(18)15(14)2)22-13-17(23)12-16-6-4-3-5-7-16/h3-11,17,23H,12-13H2,1-2H3,(H,21,22)/t17-/m0/s1. The summed E-state index contributed by atoms with van der Waals surface area (Å²) in [5.41, 5.74) is 5.63. The molecule has 3 nitrogen and oxygen atoms in total. The molecule has 23 heavy (non-hydrogen) atoms. The van der Waals surface area contributed by atoms with Crippen LogP contribution in [0.1, 0.15) is 16.7 Å². The molecule has 3 heteroatoms. The molecule has 0 spiro atoms. The molecule has 0 unspecified atom stereocenters. The maximum absolute atomic E-state index is 10.3. The summed E-state index contributed by atoms with van der Waals surface area (Å²) in [6, 6.07) is 16.2. The lowest BCUT2D eigenvalue weighted by Gasteiger charge is -2.15. The highest BCUT2D eigenvalue weighted by atomic mass is 16.3. The fraction of sp³-hybridized carbons (Fsp3) is 0.250. The van der Waals surface area contributed by atoms with Crippen LogP contribution in [0.25, 0.3) is 10.9 Å². The zero-order valence-electron chi connectivity index (χ0n) is 13.6. The molecule has 1 heterocycles. The molecule has 0 bridgehead atoms. The van der Waals surface area contributed by atoms with E-state index in [0.29, 0.717) is 13.0 Å². The first-order chi connectivity index (χ1) is 11.1. The second kappa shape index (κ2) is 6.80. The summed E-state index contributed by atoms with van der Waals surface area (Å²) < 4.78 is 0. The van der Waals surface area contributed by atoms with Crippen molar-refractivity contribution in [1.82, 2.24) is 4.98 Å². The number of anilines is 1. The van der Waals surface area contributed by atoms with Crippen molar-refractivity contribution in [1.29, 1.82) is 0 Å². The predicted molar refractivity (Wildman–Crippen MR) is 95.9 cm³/mol. The topological polar surface area (TPSA) is 45.1 Å². The second-order valence-electron chi connectivity index (χ2n) is 5.99. The molecule has 118 valence electrons. The van der Waals surface area contributed by atoms with Crippen molar-refractivity contribution >= 4 is 16.6 Å². The fourth-order valence-electron chi connectivity index (χ4n) is 2.80. The van der Waals surface area contributed by atoms with Crippen LogP contribution >= 0.6 is 0 Å². The van der Waals surface area contributed by atoms with E-state index in [9.17, 15) is 5.11 Å². The summed E-state index contributed by atoms with van der Waals surface area (Å²) in [4.78, 5) is 4.49. The van der Waals surface area contributed by atoms with Gasteiger partial charge in [0.1, 0.15) is 0 Å². The fourth-order valence-corrected chi connectivity index (χ4v) is 2.80. The Morgan fingerprint density at radius 3 is 2.61 bits per heavy atom. The first-order valence-corrected chi connectivity index (χ1v) is 7.96. The van der Waals surface area contributed by atoms with Crippen LogP contribution in [0.4, 0.5) is 5.69 Å². The van der Waals surface area contributed by atoms with E-state index in [1.807, 2.05) is 42.6 Å². The number of fused-ring (bicyclic) bond motifs is 1. The van der Waals surface area contributed by atoms with Gasteiger partial charge in [-0.1, -0.05) is 42.5 Å². The van der Waals surface area contributed by atoms with Crippen LogP contribution in [-0.4, -0.2) is 22.7 Å². The number of nitrogens with zero attached hydrogens (tertiary/aromatic N) is 1. The molecule has 0 aliphatic heterocycles. The van der Waals surface area contributed by atoms with E-state index in [1.165, 1.54) is 11.1 Å². The Morgan fingerprint density at radius 2 is 1.83 bits per heavy atom. The highest BCUT2D eigenvalue weighted by Gasteiger charge is 2.09. The third kappa shape index (κ3) is 3.51. The normalized spacial score (nSPS) is 12.3. The predicted octanol–water partition coefficient (Wildman–Crippen LogP) is 3.87. The van der Waals surface area contributed by atoms with Gasteiger partial charge in [0.15, 0.2) is 0 Å². The van der Waals surface area contributed by atoms with Crippen molar-refractivity contribution < 1.29 is 5.11 Å². The summed E-state index contributed by atoms with van der Waals surface area (Å²) in [6.07, 6.45) is 2.04. The molecule has 2 N–H and O–H groups in total. The van der Waals surface area contributed by atoms with Gasteiger partial charge in [-0.25, -0.2) is 0 Å². The minimum absolute atomic E-state index is 0.424. The molecule has 3 aromatic rings. The number of pyridine rings is 1. The lowest BCUT2D eigenvalue weighted by atomic mass is 10.0. The van der Waals surface area contributed by atoms with E-state index < -0.39 is 6.10 Å². The number of nitrogens with one attached hydrogen (secondary N) is 1. The first kappa shape index (κ1) is 15.5. The van der Waals surface area contributed by atoms with Crippen LogP contribution in [0, 0.1) is 13.8 Å². The van der Waals surface area contributed by atoms with Gasteiger partial charge in [-0.05, 0) is 36.6 Å². The average molecular weight is 306 g/mol. The van der Waals surface area contributed by atoms with Gasteiger partial charge in [0.2, 0.25) is 0 Å². The van der Waals surface area contributed by atoms with Crippen molar-refractivity contribution in [2.75, 3.05) is 11.9 Å². The van der Waals surface area contributed by atoms with Crippen molar-refractivity contribution in [3.8, 4) is 0 Å². The number of aliphatic hydroxyl groups excluding tert-OH is 1. The van der Waals surface area contributed by atoms with Gasteiger partial charge in [-0.15, -0.1) is 0 Å². The minimum atomic E-state index is -0.424. The van der Waals surface area contributed by atoms with E-state index in [0.717, 1.165) is 22.2 Å². The molecule has 0 saturated carbocycles. The van der Waals surface area contributed by atoms with Gasteiger partial charge >= 0.3 is 0 Å². The van der Waals surface area contributed by atoms with E-state index >= 15 is 0 Å². The van der Waals surface area contributed by atoms with Crippen LogP contribution in [0.3, 0.4) is 0 Å². The first-order valence-electron chi connectivity index (χ1n) is 7.96. The monoisotopic (exact) mass is 306 g/mol. The van der Waals surface area contributed by atoms with Crippen molar-refractivity contribution in [2.24, 2.45) is 0 Å². The highest BCUT2D eigenvalue weighted by molar-refractivity contribution is 5.93. The highest BCUT2D eigenvalue weighted by Crippen LogP contribution is 2.25. The molecule has 0 saturated heterocycles. The maximum atomic E-state index is 10.3. The molecular weight excluding hydrogens is 284 g/mol. The Kier molecular flexibility index (Phi) is 4.58. The zero-order valence-corrected chi connectivity index (χ0v) is 13.6. The van der Waals surface area contributed by atoms with Crippen LogP contribution in [0.2, 0.25) is 0 Å². The smallest absolute Gasteiger partial charge is 0.0754 e. The Bertz CT molecular complexity index is 799. The lowest BCUT2D eigenvalue weighted by molar-refractivity contribution is 0.188. The third-order valence-corrected chi connectivity index (χ3v) is 4.28. The zero-order chi connectivity index (χ0) is 16.2. The van der Waals surface area contributed by atoms with Crippen LogP contribution < -0.4 is 5.32 Å². The SMILES string of the molecule is Cc1ccc2c(NC[C@@H](O)Cc3ccccc3)ccnc2c1C. The largest absolute Gasteiger partial charge is 0.391 e. The Balaban J connectivity index is 1.73. The molecule has 0 aliphatic rings. The Labute approximate surface area is 137 Å². The maximum Gasteiger partial charge on any atom is 0.0754 e. The number of aliphatic hydroxyl groups is 1. The number of rotatable bonds is 5. The molecular formula is C20H22N2O. The van der Waals surface area contributed by atoms with Gasteiger partial charge in [0.05, 0.1) is 11.6 Å². The molecule has 1 atom stereocenters. The van der Waals surface area contributed by atoms with Crippen molar-refractivity contribution in [3.63, 3.8) is 0 Å². The molecule has 0 aliphatic carbocycles.